The molecule has 9 heteroatoms. The summed E-state index contributed by atoms with van der Waals surface area (Å²) in [6.45, 7) is 12.9. The van der Waals surface area contributed by atoms with E-state index in [0.29, 0.717) is 42.4 Å². The van der Waals surface area contributed by atoms with Gasteiger partial charge in [-0.15, -0.1) is 0 Å². The van der Waals surface area contributed by atoms with Crippen LogP contribution >= 0.6 is 0 Å². The Kier molecular flexibility index (Phi) is 7.84. The van der Waals surface area contributed by atoms with Crippen LogP contribution in [0.4, 0.5) is 0 Å². The normalized spacial score (nSPS) is 34.7. The second-order valence-electron chi connectivity index (χ2n) is 14.4. The highest BCUT2D eigenvalue weighted by Crippen LogP contribution is 2.81. The number of hydrogen-bond donors (Lipinski definition) is 1. The standard InChI is InChI=1S/C34H48O9/c1-16(2)13-21-22-27(23(30(36)41-9)29(40-8)24(28(22)39-7)31(37)42-10)34(38)14-19-18(15-43-17(3)35)11-12-20-26(32(20,4)5)25(19)33(21,34)6/h16,18-21,25-26,38H,11-15H2,1-10H3/t18-,19+,20-,21+,25-,26-,33-,34+/m1/s1. The first kappa shape index (κ1) is 31.6. The molecule has 1 aromatic carbocycles. The summed E-state index contributed by atoms with van der Waals surface area (Å²) in [5.74, 6) is -0.455. The highest BCUT2D eigenvalue weighted by molar-refractivity contribution is 6.05. The van der Waals surface area contributed by atoms with Gasteiger partial charge in [-0.1, -0.05) is 34.6 Å². The van der Waals surface area contributed by atoms with E-state index in [1.54, 1.807) is 0 Å². The minimum atomic E-state index is -1.47. The molecule has 0 heterocycles. The van der Waals surface area contributed by atoms with Crippen molar-refractivity contribution in [3.8, 4) is 11.5 Å². The van der Waals surface area contributed by atoms with E-state index < -0.39 is 23.0 Å². The summed E-state index contributed by atoms with van der Waals surface area (Å²) in [7, 11) is 5.44. The van der Waals surface area contributed by atoms with Gasteiger partial charge in [0, 0.05) is 23.5 Å². The molecule has 238 valence electrons. The number of benzene rings is 1. The van der Waals surface area contributed by atoms with Gasteiger partial charge >= 0.3 is 17.9 Å². The Balaban J connectivity index is 1.86. The maximum absolute atomic E-state index is 13.7. The Hall–Kier alpha value is -2.81. The minimum absolute atomic E-state index is 0.0161. The fraction of sp³-hybridized carbons (Fsp3) is 0.735. The zero-order chi connectivity index (χ0) is 31.8. The molecule has 1 N–H and O–H groups in total. The maximum atomic E-state index is 13.7. The molecule has 1 aromatic rings. The maximum Gasteiger partial charge on any atom is 0.345 e. The SMILES string of the molecule is COC(=O)c1c(OC)c(C(=O)OC)c2c(c1OC)[C@H](CC(C)C)[C@]1(C)[C@@H]3[C@@H](C[C@]21O)[C@@H](COC(C)=O)CC[C@@H]1[C@H]3C1(C)C. The van der Waals surface area contributed by atoms with E-state index in [1.807, 2.05) is 0 Å². The average molecular weight is 601 g/mol. The highest BCUT2D eigenvalue weighted by atomic mass is 16.5. The lowest BCUT2D eigenvalue weighted by Gasteiger charge is -2.45. The van der Waals surface area contributed by atoms with E-state index in [2.05, 4.69) is 34.6 Å². The molecule has 4 aliphatic rings. The Bertz CT molecular complexity index is 1330. The van der Waals surface area contributed by atoms with Gasteiger partial charge in [0.25, 0.3) is 0 Å². The molecule has 0 saturated heterocycles. The van der Waals surface area contributed by atoms with Crippen LogP contribution in [-0.4, -0.2) is 58.1 Å². The zero-order valence-corrected chi connectivity index (χ0v) is 27.3. The number of carbonyl (C=O) groups is 3. The molecule has 0 aromatic heterocycles. The monoisotopic (exact) mass is 600 g/mol. The lowest BCUT2D eigenvalue weighted by Crippen LogP contribution is -2.44. The van der Waals surface area contributed by atoms with Crippen molar-refractivity contribution in [1.82, 2.24) is 0 Å². The molecule has 0 amide bonds. The van der Waals surface area contributed by atoms with Crippen molar-refractivity contribution in [2.75, 3.05) is 35.0 Å². The van der Waals surface area contributed by atoms with Crippen molar-refractivity contribution >= 4 is 17.9 Å². The summed E-state index contributed by atoms with van der Waals surface area (Å²) < 4.78 is 27.9. The van der Waals surface area contributed by atoms with Crippen molar-refractivity contribution in [2.24, 2.45) is 46.3 Å². The van der Waals surface area contributed by atoms with Crippen molar-refractivity contribution in [1.29, 1.82) is 0 Å². The molecule has 5 rings (SSSR count). The third-order valence-corrected chi connectivity index (χ3v) is 11.9. The molecule has 0 radical (unpaired) electrons. The van der Waals surface area contributed by atoms with E-state index >= 15 is 0 Å². The van der Waals surface area contributed by atoms with Gasteiger partial charge in [0.05, 0.1) is 40.6 Å². The van der Waals surface area contributed by atoms with E-state index in [9.17, 15) is 19.5 Å². The summed E-state index contributed by atoms with van der Waals surface area (Å²) >= 11 is 0. The smallest absolute Gasteiger partial charge is 0.345 e. The van der Waals surface area contributed by atoms with E-state index in [4.69, 9.17) is 23.7 Å². The third kappa shape index (κ3) is 4.23. The fourth-order valence-corrected chi connectivity index (χ4v) is 10.1. The van der Waals surface area contributed by atoms with Gasteiger partial charge in [0.1, 0.15) is 16.9 Å². The zero-order valence-electron chi connectivity index (χ0n) is 27.3. The molecule has 0 spiro atoms. The summed E-state index contributed by atoms with van der Waals surface area (Å²) in [6, 6.07) is 0. The first-order chi connectivity index (χ1) is 20.2. The molecule has 0 bridgehead atoms. The molecule has 4 aliphatic carbocycles. The topological polar surface area (TPSA) is 118 Å². The summed E-state index contributed by atoms with van der Waals surface area (Å²) in [5.41, 5.74) is -0.950. The summed E-state index contributed by atoms with van der Waals surface area (Å²) in [6.07, 6.45) is 3.04. The number of hydrogen-bond acceptors (Lipinski definition) is 9. The summed E-state index contributed by atoms with van der Waals surface area (Å²) in [5, 5.41) is 13.4. The average Bonchev–Trinajstić information content (AvgIpc) is 3.40. The van der Waals surface area contributed by atoms with Crippen LogP contribution in [0.25, 0.3) is 0 Å². The van der Waals surface area contributed by atoms with Crippen LogP contribution in [0.2, 0.25) is 0 Å². The van der Waals surface area contributed by atoms with Gasteiger partial charge in [-0.05, 0) is 72.5 Å². The van der Waals surface area contributed by atoms with Crippen LogP contribution in [0.5, 0.6) is 11.5 Å². The Labute approximate surface area is 254 Å². The van der Waals surface area contributed by atoms with Crippen molar-refractivity contribution < 1.29 is 43.2 Å². The molecular weight excluding hydrogens is 552 g/mol. The molecule has 0 aliphatic heterocycles. The van der Waals surface area contributed by atoms with E-state index in [-0.39, 0.29) is 63.6 Å². The molecular formula is C34H48O9. The number of methoxy groups -OCH3 is 4. The van der Waals surface area contributed by atoms with Crippen LogP contribution in [0.3, 0.4) is 0 Å². The lowest BCUT2D eigenvalue weighted by molar-refractivity contribution is -0.143. The second-order valence-corrected chi connectivity index (χ2v) is 14.4. The second kappa shape index (κ2) is 10.7. The van der Waals surface area contributed by atoms with Gasteiger partial charge in [-0.2, -0.15) is 0 Å². The van der Waals surface area contributed by atoms with E-state index in [1.165, 1.54) is 35.4 Å². The van der Waals surface area contributed by atoms with Crippen LogP contribution in [-0.2, 0) is 24.6 Å². The first-order valence-corrected chi connectivity index (χ1v) is 15.5. The Morgan fingerprint density at radius 3 is 2.05 bits per heavy atom. The number of esters is 3. The van der Waals surface area contributed by atoms with Crippen LogP contribution < -0.4 is 9.47 Å². The largest absolute Gasteiger partial charge is 0.495 e. The van der Waals surface area contributed by atoms with Crippen molar-refractivity contribution in [3.05, 3.63) is 22.3 Å². The molecule has 3 fully saturated rings. The van der Waals surface area contributed by atoms with Gasteiger partial charge in [0.2, 0.25) is 0 Å². The number of carbonyl (C=O) groups excluding carboxylic acids is 3. The van der Waals surface area contributed by atoms with Crippen LogP contribution in [0.1, 0.15) is 105 Å². The van der Waals surface area contributed by atoms with Gasteiger partial charge < -0.3 is 28.8 Å². The molecule has 8 atom stereocenters. The fourth-order valence-electron chi connectivity index (χ4n) is 10.1. The highest BCUT2D eigenvalue weighted by Gasteiger charge is 2.78. The number of aliphatic hydroxyl groups is 1. The van der Waals surface area contributed by atoms with Crippen molar-refractivity contribution in [3.63, 3.8) is 0 Å². The van der Waals surface area contributed by atoms with Gasteiger partial charge in [-0.25, -0.2) is 9.59 Å². The molecule has 3 saturated carbocycles. The van der Waals surface area contributed by atoms with Gasteiger partial charge in [-0.3, -0.25) is 4.79 Å². The quantitative estimate of drug-likeness (QED) is 0.305. The minimum Gasteiger partial charge on any atom is -0.495 e. The third-order valence-electron chi connectivity index (χ3n) is 11.9. The number of fused-ring (bicyclic) bond motifs is 7. The predicted molar refractivity (Wildman–Crippen MR) is 158 cm³/mol. The molecule has 43 heavy (non-hydrogen) atoms. The van der Waals surface area contributed by atoms with Gasteiger partial charge in [0.15, 0.2) is 5.75 Å². The van der Waals surface area contributed by atoms with Crippen LogP contribution in [0, 0.1) is 46.3 Å². The van der Waals surface area contributed by atoms with E-state index in [0.717, 1.165) is 12.8 Å². The first-order valence-electron chi connectivity index (χ1n) is 15.5. The number of ether oxygens (including phenoxy) is 5. The predicted octanol–water partition coefficient (Wildman–Crippen LogP) is 5.50. The van der Waals surface area contributed by atoms with Crippen molar-refractivity contribution in [2.45, 2.75) is 78.7 Å². The van der Waals surface area contributed by atoms with Crippen LogP contribution in [0.15, 0.2) is 0 Å². The molecule has 0 unspecified atom stereocenters. The molecule has 9 nitrogen and oxygen atoms in total. The Morgan fingerprint density at radius 1 is 0.907 bits per heavy atom. The summed E-state index contributed by atoms with van der Waals surface area (Å²) in [4.78, 5) is 38.9. The Morgan fingerprint density at radius 2 is 1.51 bits per heavy atom. The number of rotatable bonds is 8. The lowest BCUT2D eigenvalue weighted by atomic mass is 9.60.